The molecule has 108 valence electrons. The topological polar surface area (TPSA) is 50.4 Å². The van der Waals surface area contributed by atoms with Crippen molar-refractivity contribution < 1.29 is 9.53 Å². The first kappa shape index (κ1) is 13.4. The van der Waals surface area contributed by atoms with Crippen LogP contribution < -0.4 is 10.6 Å². The molecule has 1 aromatic carbocycles. The van der Waals surface area contributed by atoms with Crippen LogP contribution in [0.4, 0.5) is 5.69 Å². The number of rotatable bonds is 2. The highest BCUT2D eigenvalue weighted by molar-refractivity contribution is 6.00. The maximum absolute atomic E-state index is 12.6. The molecule has 0 bridgehead atoms. The minimum Gasteiger partial charge on any atom is -0.384 e. The zero-order valence-corrected chi connectivity index (χ0v) is 12.0. The highest BCUT2D eigenvalue weighted by Crippen LogP contribution is 2.27. The van der Waals surface area contributed by atoms with Crippen molar-refractivity contribution in [1.29, 1.82) is 0 Å². The second-order valence-corrected chi connectivity index (χ2v) is 6.00. The van der Waals surface area contributed by atoms with Gasteiger partial charge in [-0.05, 0) is 44.2 Å². The number of hydrogen-bond donors (Lipinski definition) is 2. The van der Waals surface area contributed by atoms with Gasteiger partial charge in [-0.25, -0.2) is 0 Å². The molecule has 0 aliphatic carbocycles. The lowest BCUT2D eigenvalue weighted by atomic mass is 9.91. The number of benzene rings is 1. The maximum atomic E-state index is 12.6. The number of anilines is 1. The van der Waals surface area contributed by atoms with Crippen molar-refractivity contribution in [2.24, 2.45) is 0 Å². The molecule has 0 spiro atoms. The summed E-state index contributed by atoms with van der Waals surface area (Å²) in [6.07, 6.45) is 3.93. The number of ether oxygens (including phenoxy) is 1. The summed E-state index contributed by atoms with van der Waals surface area (Å²) in [5, 5.41) is 6.58. The lowest BCUT2D eigenvalue weighted by Gasteiger charge is -2.35. The third kappa shape index (κ3) is 2.66. The highest BCUT2D eigenvalue weighted by atomic mass is 16.5. The number of amides is 1. The van der Waals surface area contributed by atoms with Gasteiger partial charge in [-0.3, -0.25) is 4.79 Å². The molecule has 3 rings (SSSR count). The van der Waals surface area contributed by atoms with Gasteiger partial charge in [-0.15, -0.1) is 0 Å². The van der Waals surface area contributed by atoms with Crippen molar-refractivity contribution in [3.05, 3.63) is 29.3 Å². The average Bonchev–Trinajstić information content (AvgIpc) is 2.47. The molecule has 1 saturated heterocycles. The molecule has 0 radical (unpaired) electrons. The van der Waals surface area contributed by atoms with Crippen molar-refractivity contribution in [2.75, 3.05) is 25.1 Å². The Labute approximate surface area is 119 Å². The smallest absolute Gasteiger partial charge is 0.253 e. The van der Waals surface area contributed by atoms with Crippen molar-refractivity contribution in [1.82, 2.24) is 5.32 Å². The zero-order chi connectivity index (χ0) is 14.0. The summed E-state index contributed by atoms with van der Waals surface area (Å²) in [4.78, 5) is 12.6. The van der Waals surface area contributed by atoms with E-state index in [2.05, 4.69) is 23.6 Å². The van der Waals surface area contributed by atoms with E-state index in [1.807, 2.05) is 12.1 Å². The quantitative estimate of drug-likeness (QED) is 0.870. The van der Waals surface area contributed by atoms with Gasteiger partial charge in [0.05, 0.1) is 11.3 Å². The minimum absolute atomic E-state index is 0.0284. The summed E-state index contributed by atoms with van der Waals surface area (Å²) in [7, 11) is 0. The lowest BCUT2D eigenvalue weighted by molar-refractivity contribution is 0.0423. The summed E-state index contributed by atoms with van der Waals surface area (Å²) in [5.41, 5.74) is 2.90. The molecule has 4 heteroatoms. The Morgan fingerprint density at radius 2 is 2.15 bits per heavy atom. The fourth-order valence-corrected chi connectivity index (χ4v) is 2.99. The normalized spacial score (nSPS) is 20.6. The SMILES string of the molecule is CC1(NC(=O)c2cccc3c2NCCC3)CCOCC1. The first-order valence-electron chi connectivity index (χ1n) is 7.44. The Balaban J connectivity index is 1.80. The van der Waals surface area contributed by atoms with Crippen LogP contribution in [-0.2, 0) is 11.2 Å². The largest absolute Gasteiger partial charge is 0.384 e. The summed E-state index contributed by atoms with van der Waals surface area (Å²) in [6.45, 7) is 4.50. The van der Waals surface area contributed by atoms with Gasteiger partial charge < -0.3 is 15.4 Å². The van der Waals surface area contributed by atoms with Crippen molar-refractivity contribution >= 4 is 11.6 Å². The van der Waals surface area contributed by atoms with E-state index < -0.39 is 0 Å². The molecular formula is C16H22N2O2. The lowest BCUT2D eigenvalue weighted by Crippen LogP contribution is -2.49. The number of carbonyl (C=O) groups excluding carboxylic acids is 1. The van der Waals surface area contributed by atoms with Crippen molar-refractivity contribution in [3.8, 4) is 0 Å². The molecule has 1 aromatic rings. The van der Waals surface area contributed by atoms with E-state index in [0.717, 1.165) is 56.7 Å². The Hall–Kier alpha value is -1.55. The third-order valence-corrected chi connectivity index (χ3v) is 4.33. The van der Waals surface area contributed by atoms with E-state index in [1.54, 1.807) is 0 Å². The number of fused-ring (bicyclic) bond motifs is 1. The van der Waals surface area contributed by atoms with Crippen LogP contribution in [0.5, 0.6) is 0 Å². The van der Waals surface area contributed by atoms with Crippen LogP contribution in [0.2, 0.25) is 0 Å². The number of nitrogens with one attached hydrogen (secondary N) is 2. The van der Waals surface area contributed by atoms with Crippen LogP contribution in [0.3, 0.4) is 0 Å². The highest BCUT2D eigenvalue weighted by Gasteiger charge is 2.30. The molecule has 2 heterocycles. The summed E-state index contributed by atoms with van der Waals surface area (Å²) < 4.78 is 5.38. The fourth-order valence-electron chi connectivity index (χ4n) is 2.99. The summed E-state index contributed by atoms with van der Waals surface area (Å²) in [5.74, 6) is 0.0284. The molecule has 0 aromatic heterocycles. The number of aryl methyl sites for hydroxylation is 1. The molecule has 2 aliphatic rings. The second kappa shape index (κ2) is 5.44. The van der Waals surface area contributed by atoms with Crippen molar-refractivity contribution in [3.63, 3.8) is 0 Å². The van der Waals surface area contributed by atoms with Gasteiger partial charge in [0.2, 0.25) is 0 Å². The number of carbonyl (C=O) groups is 1. The van der Waals surface area contributed by atoms with Gasteiger partial charge in [0, 0.05) is 25.3 Å². The molecule has 20 heavy (non-hydrogen) atoms. The third-order valence-electron chi connectivity index (χ3n) is 4.33. The molecule has 0 atom stereocenters. The van der Waals surface area contributed by atoms with Gasteiger partial charge in [-0.1, -0.05) is 12.1 Å². The summed E-state index contributed by atoms with van der Waals surface area (Å²) in [6, 6.07) is 6.00. The van der Waals surface area contributed by atoms with Crippen LogP contribution >= 0.6 is 0 Å². The monoisotopic (exact) mass is 274 g/mol. The Morgan fingerprint density at radius 3 is 2.95 bits per heavy atom. The van der Waals surface area contributed by atoms with E-state index in [-0.39, 0.29) is 11.4 Å². The van der Waals surface area contributed by atoms with E-state index in [9.17, 15) is 4.79 Å². The predicted octanol–water partition coefficient (Wildman–Crippen LogP) is 2.34. The molecule has 0 saturated carbocycles. The Kier molecular flexibility index (Phi) is 3.66. The van der Waals surface area contributed by atoms with Crippen LogP contribution in [-0.4, -0.2) is 31.2 Å². The summed E-state index contributed by atoms with van der Waals surface area (Å²) >= 11 is 0. The van der Waals surface area contributed by atoms with Crippen LogP contribution in [0.1, 0.15) is 42.1 Å². The fraction of sp³-hybridized carbons (Fsp3) is 0.562. The van der Waals surface area contributed by atoms with Gasteiger partial charge in [0.15, 0.2) is 0 Å². The van der Waals surface area contributed by atoms with Crippen LogP contribution in [0.15, 0.2) is 18.2 Å². The maximum Gasteiger partial charge on any atom is 0.253 e. The first-order valence-corrected chi connectivity index (χ1v) is 7.44. The Morgan fingerprint density at radius 1 is 1.35 bits per heavy atom. The molecule has 1 amide bonds. The van der Waals surface area contributed by atoms with Gasteiger partial charge in [-0.2, -0.15) is 0 Å². The van der Waals surface area contributed by atoms with Gasteiger partial charge in [0.25, 0.3) is 5.91 Å². The molecule has 1 fully saturated rings. The van der Waals surface area contributed by atoms with Gasteiger partial charge >= 0.3 is 0 Å². The standard InChI is InChI=1S/C16H22N2O2/c1-16(7-10-20-11-8-16)18-15(19)13-6-2-4-12-5-3-9-17-14(12)13/h2,4,6,17H,3,5,7-11H2,1H3,(H,18,19). The Bertz CT molecular complexity index is 507. The molecular weight excluding hydrogens is 252 g/mol. The van der Waals surface area contributed by atoms with E-state index >= 15 is 0 Å². The van der Waals surface area contributed by atoms with E-state index in [4.69, 9.17) is 4.74 Å². The molecule has 2 N–H and O–H groups in total. The zero-order valence-electron chi connectivity index (χ0n) is 12.0. The average molecular weight is 274 g/mol. The van der Waals surface area contributed by atoms with Crippen LogP contribution in [0.25, 0.3) is 0 Å². The molecule has 0 unspecified atom stereocenters. The minimum atomic E-state index is -0.146. The number of para-hydroxylation sites is 1. The predicted molar refractivity (Wildman–Crippen MR) is 79.2 cm³/mol. The first-order chi connectivity index (χ1) is 9.68. The van der Waals surface area contributed by atoms with Crippen molar-refractivity contribution in [2.45, 2.75) is 38.1 Å². The van der Waals surface area contributed by atoms with Gasteiger partial charge in [0.1, 0.15) is 0 Å². The molecule has 2 aliphatic heterocycles. The van der Waals surface area contributed by atoms with Crippen LogP contribution in [0, 0.1) is 0 Å². The van der Waals surface area contributed by atoms with E-state index in [1.165, 1.54) is 5.56 Å². The van der Waals surface area contributed by atoms with E-state index in [0.29, 0.717) is 0 Å². The molecule has 4 nitrogen and oxygen atoms in total. The second-order valence-electron chi connectivity index (χ2n) is 6.00. The number of hydrogen-bond acceptors (Lipinski definition) is 3.